The van der Waals surface area contributed by atoms with Gasteiger partial charge in [0.15, 0.2) is 12.0 Å². The van der Waals surface area contributed by atoms with Crippen LogP contribution < -0.4 is 4.74 Å². The summed E-state index contributed by atoms with van der Waals surface area (Å²) >= 11 is 0. The molecule has 0 radical (unpaired) electrons. The molecular weight excluding hydrogens is 313 g/mol. The van der Waals surface area contributed by atoms with E-state index in [9.17, 15) is 13.4 Å². The SMILES string of the molecule is COc1ccc(C2=C3C=CC=[N+]3[B-](F)(F)n3c(C=O)ccc32)cc1. The van der Waals surface area contributed by atoms with Crippen molar-refractivity contribution in [3.8, 4) is 5.75 Å². The van der Waals surface area contributed by atoms with Crippen LogP contribution in [0.25, 0.3) is 5.57 Å². The minimum absolute atomic E-state index is 0.0413. The van der Waals surface area contributed by atoms with Gasteiger partial charge in [-0.3, -0.25) is 4.79 Å². The summed E-state index contributed by atoms with van der Waals surface area (Å²) in [5.41, 5.74) is 2.15. The second-order valence-corrected chi connectivity index (χ2v) is 5.62. The number of halogens is 2. The highest BCUT2D eigenvalue weighted by Crippen LogP contribution is 2.39. The maximum atomic E-state index is 14.9. The minimum atomic E-state index is -4.10. The summed E-state index contributed by atoms with van der Waals surface area (Å²) in [6, 6.07) is 10.2. The number of aldehydes is 1. The van der Waals surface area contributed by atoms with Gasteiger partial charge in [0, 0.05) is 17.8 Å². The second-order valence-electron chi connectivity index (χ2n) is 5.62. The predicted octanol–water partition coefficient (Wildman–Crippen LogP) is 2.96. The van der Waals surface area contributed by atoms with Gasteiger partial charge in [0.05, 0.1) is 18.4 Å². The quantitative estimate of drug-likeness (QED) is 0.642. The fourth-order valence-corrected chi connectivity index (χ4v) is 3.30. The lowest BCUT2D eigenvalue weighted by molar-refractivity contribution is -0.356. The lowest BCUT2D eigenvalue weighted by atomic mass is 9.86. The van der Waals surface area contributed by atoms with Crippen LogP contribution >= 0.6 is 0 Å². The second kappa shape index (κ2) is 5.02. The molecule has 3 heterocycles. The van der Waals surface area contributed by atoms with Gasteiger partial charge in [0.2, 0.25) is 0 Å². The van der Waals surface area contributed by atoms with Crippen LogP contribution in [0.1, 0.15) is 21.7 Å². The molecule has 24 heavy (non-hydrogen) atoms. The fourth-order valence-electron chi connectivity index (χ4n) is 3.30. The number of aromatic nitrogens is 1. The summed E-state index contributed by atoms with van der Waals surface area (Å²) < 4.78 is 36.7. The Balaban J connectivity index is 2.01. The Morgan fingerprint density at radius 3 is 2.58 bits per heavy atom. The van der Waals surface area contributed by atoms with Crippen molar-refractivity contribution in [2.45, 2.75) is 0 Å². The Labute approximate surface area is 137 Å². The highest BCUT2D eigenvalue weighted by Gasteiger charge is 2.52. The van der Waals surface area contributed by atoms with E-state index in [1.54, 1.807) is 37.5 Å². The van der Waals surface area contributed by atoms with Crippen molar-refractivity contribution < 1.29 is 22.6 Å². The lowest BCUT2D eigenvalue weighted by Crippen LogP contribution is -2.50. The van der Waals surface area contributed by atoms with Crippen LogP contribution in [-0.2, 0) is 0 Å². The van der Waals surface area contributed by atoms with Gasteiger partial charge in [-0.1, -0.05) is 12.1 Å². The van der Waals surface area contributed by atoms with Gasteiger partial charge < -0.3 is 22.3 Å². The molecule has 0 atom stereocenters. The third-order valence-corrected chi connectivity index (χ3v) is 4.39. The Morgan fingerprint density at radius 2 is 1.92 bits per heavy atom. The van der Waals surface area contributed by atoms with Crippen LogP contribution in [0.4, 0.5) is 8.63 Å². The average molecular weight is 326 g/mol. The molecule has 0 N–H and O–H groups in total. The lowest BCUT2D eigenvalue weighted by Gasteiger charge is -2.31. The Bertz CT molecular complexity index is 940. The van der Waals surface area contributed by atoms with Crippen LogP contribution in [0.2, 0.25) is 0 Å². The van der Waals surface area contributed by atoms with Gasteiger partial charge in [0.1, 0.15) is 12.0 Å². The van der Waals surface area contributed by atoms with E-state index in [1.807, 2.05) is 12.1 Å². The Hall–Kier alpha value is -2.96. The van der Waals surface area contributed by atoms with Crippen molar-refractivity contribution in [1.29, 1.82) is 0 Å². The van der Waals surface area contributed by atoms with E-state index in [1.165, 1.54) is 12.3 Å². The van der Waals surface area contributed by atoms with E-state index in [0.717, 1.165) is 14.5 Å². The standard InChI is InChI=1S/C17H13BF2N2O2/c1-24-14-7-4-12(5-8-14)17-15-3-2-10-21(15)18(19,20)22-13(11-23)6-9-16(17)22/h2-11H,1H3. The molecule has 4 nitrogen and oxygen atoms in total. The molecule has 0 aliphatic carbocycles. The third kappa shape index (κ3) is 1.84. The summed E-state index contributed by atoms with van der Waals surface area (Å²) in [7, 11) is 1.57. The van der Waals surface area contributed by atoms with Gasteiger partial charge in [-0.25, -0.2) is 0 Å². The van der Waals surface area contributed by atoms with Crippen molar-refractivity contribution >= 4 is 25.0 Å². The smallest absolute Gasteiger partial charge is 0.497 e. The Kier molecular flexibility index (Phi) is 3.06. The number of hydrogen-bond acceptors (Lipinski definition) is 2. The maximum Gasteiger partial charge on any atom is 0.737 e. The van der Waals surface area contributed by atoms with Gasteiger partial charge in [-0.2, -0.15) is 0 Å². The molecule has 2 aliphatic rings. The number of methoxy groups -OCH3 is 1. The van der Waals surface area contributed by atoms with E-state index in [4.69, 9.17) is 4.74 Å². The van der Waals surface area contributed by atoms with Gasteiger partial charge in [0.25, 0.3) is 0 Å². The molecule has 0 bridgehead atoms. The summed E-state index contributed by atoms with van der Waals surface area (Å²) in [6.45, 7) is -4.10. The molecular formula is C17H13BF2N2O2. The molecule has 7 heteroatoms. The number of fused-ring (bicyclic) bond motifs is 2. The first-order valence-corrected chi connectivity index (χ1v) is 7.46. The number of rotatable bonds is 3. The number of ether oxygens (including phenoxy) is 1. The maximum absolute atomic E-state index is 14.9. The number of hydrogen-bond donors (Lipinski definition) is 0. The van der Waals surface area contributed by atoms with Crippen molar-refractivity contribution in [3.63, 3.8) is 0 Å². The summed E-state index contributed by atoms with van der Waals surface area (Å²) in [5.74, 6) is 0.684. The summed E-state index contributed by atoms with van der Waals surface area (Å²) in [4.78, 5) is 11.2. The van der Waals surface area contributed by atoms with Crippen molar-refractivity contribution in [2.24, 2.45) is 0 Å². The van der Waals surface area contributed by atoms with Gasteiger partial charge in [-0.15, -0.1) is 0 Å². The van der Waals surface area contributed by atoms with Crippen LogP contribution in [0.15, 0.2) is 54.2 Å². The predicted molar refractivity (Wildman–Crippen MR) is 87.7 cm³/mol. The third-order valence-electron chi connectivity index (χ3n) is 4.39. The molecule has 0 amide bonds. The van der Waals surface area contributed by atoms with E-state index < -0.39 is 6.97 Å². The fraction of sp³-hybridized carbons (Fsp3) is 0.0588. The van der Waals surface area contributed by atoms with E-state index in [-0.39, 0.29) is 5.69 Å². The highest BCUT2D eigenvalue weighted by molar-refractivity contribution is 6.58. The van der Waals surface area contributed by atoms with Gasteiger partial charge >= 0.3 is 6.97 Å². The number of benzene rings is 1. The number of nitrogens with zero attached hydrogens (tertiary/aromatic N) is 2. The van der Waals surface area contributed by atoms with Crippen LogP contribution in [0.5, 0.6) is 5.75 Å². The molecule has 2 aromatic rings. The zero-order chi connectivity index (χ0) is 16.9. The molecule has 0 saturated heterocycles. The molecule has 2 aliphatic heterocycles. The first kappa shape index (κ1) is 14.6. The molecule has 0 saturated carbocycles. The van der Waals surface area contributed by atoms with Crippen LogP contribution in [0.3, 0.4) is 0 Å². The normalized spacial score (nSPS) is 17.4. The van der Waals surface area contributed by atoms with Crippen molar-refractivity contribution in [2.75, 3.05) is 7.11 Å². The molecule has 4 rings (SSSR count). The van der Waals surface area contributed by atoms with Crippen molar-refractivity contribution in [3.05, 3.63) is 71.2 Å². The summed E-state index contributed by atoms with van der Waals surface area (Å²) in [6.07, 6.45) is 5.05. The first-order valence-electron chi connectivity index (χ1n) is 7.46. The minimum Gasteiger partial charge on any atom is -0.497 e. The number of carbonyl (C=O) groups is 1. The summed E-state index contributed by atoms with van der Waals surface area (Å²) in [5, 5.41) is 0. The molecule has 0 fully saturated rings. The van der Waals surface area contributed by atoms with Crippen LogP contribution in [0, 0.1) is 0 Å². The molecule has 0 spiro atoms. The molecule has 0 unspecified atom stereocenters. The zero-order valence-electron chi connectivity index (χ0n) is 12.8. The highest BCUT2D eigenvalue weighted by atomic mass is 19.2. The van der Waals surface area contributed by atoms with E-state index in [2.05, 4.69) is 0 Å². The molecule has 120 valence electrons. The Morgan fingerprint density at radius 1 is 1.17 bits per heavy atom. The van der Waals surface area contributed by atoms with Crippen molar-refractivity contribution in [1.82, 2.24) is 4.48 Å². The van der Waals surface area contributed by atoms with E-state index >= 15 is 0 Å². The number of allylic oxidation sites excluding steroid dienone is 2. The van der Waals surface area contributed by atoms with Crippen LogP contribution in [-0.4, -0.2) is 35.5 Å². The zero-order valence-corrected chi connectivity index (χ0v) is 12.8. The van der Waals surface area contributed by atoms with E-state index in [0.29, 0.717) is 29.0 Å². The largest absolute Gasteiger partial charge is 0.737 e. The monoisotopic (exact) mass is 326 g/mol. The van der Waals surface area contributed by atoms with Gasteiger partial charge in [-0.05, 0) is 29.8 Å². The average Bonchev–Trinajstić information content (AvgIpc) is 3.23. The first-order chi connectivity index (χ1) is 11.6. The number of carbonyl (C=O) groups excluding carboxylic acids is 1. The molecule has 1 aromatic carbocycles. The molecule has 1 aromatic heterocycles. The topological polar surface area (TPSA) is 34.2 Å².